The maximum absolute atomic E-state index is 12.4. The largest absolute Gasteiger partial charge is 0.480 e. The number of hydrogen-bond acceptors (Lipinski definition) is 6. The molecule has 24 heavy (non-hydrogen) atoms. The molecule has 138 valence electrons. The van der Waals surface area contributed by atoms with Crippen LogP contribution in [-0.2, 0) is 19.2 Å². The monoisotopic (exact) mass is 362 g/mol. The Bertz CT molecular complexity index is 474. The third kappa shape index (κ3) is 7.64. The maximum Gasteiger partial charge on any atom is 0.326 e. The Labute approximate surface area is 146 Å². The lowest BCUT2D eigenvalue weighted by molar-refractivity contribution is -0.142. The SMILES string of the molecule is CCC(C)C(NC(=O)C(N)CS)C(=O)NC(CCC(N)=O)C(=O)O. The van der Waals surface area contributed by atoms with Gasteiger partial charge in [-0.2, -0.15) is 12.6 Å². The minimum Gasteiger partial charge on any atom is -0.480 e. The molecule has 0 aromatic heterocycles. The molecule has 7 N–H and O–H groups in total. The number of nitrogens with one attached hydrogen (secondary N) is 2. The summed E-state index contributed by atoms with van der Waals surface area (Å²) in [6, 6.07) is -3.09. The lowest BCUT2D eigenvalue weighted by Gasteiger charge is -2.26. The Balaban J connectivity index is 5.05. The zero-order valence-electron chi connectivity index (χ0n) is 13.8. The van der Waals surface area contributed by atoms with E-state index < -0.39 is 41.8 Å². The molecule has 0 fully saturated rings. The highest BCUT2D eigenvalue weighted by Crippen LogP contribution is 2.09. The van der Waals surface area contributed by atoms with Crippen molar-refractivity contribution in [3.05, 3.63) is 0 Å². The van der Waals surface area contributed by atoms with Gasteiger partial charge in [0.05, 0.1) is 6.04 Å². The Hall–Kier alpha value is -1.81. The zero-order valence-corrected chi connectivity index (χ0v) is 14.7. The molecule has 0 bridgehead atoms. The van der Waals surface area contributed by atoms with Crippen LogP contribution in [0.5, 0.6) is 0 Å². The summed E-state index contributed by atoms with van der Waals surface area (Å²) in [6.45, 7) is 3.58. The topological polar surface area (TPSA) is 165 Å². The van der Waals surface area contributed by atoms with Crippen LogP contribution in [0.4, 0.5) is 0 Å². The number of rotatable bonds is 11. The summed E-state index contributed by atoms with van der Waals surface area (Å²) in [6.07, 6.45) is 0.267. The number of carbonyl (C=O) groups is 4. The van der Waals surface area contributed by atoms with Gasteiger partial charge in [0.15, 0.2) is 0 Å². The fraction of sp³-hybridized carbons (Fsp3) is 0.714. The van der Waals surface area contributed by atoms with Crippen molar-refractivity contribution in [3.8, 4) is 0 Å². The summed E-state index contributed by atoms with van der Waals surface area (Å²) in [5.41, 5.74) is 10.6. The molecule has 0 radical (unpaired) electrons. The van der Waals surface area contributed by atoms with Crippen molar-refractivity contribution in [1.82, 2.24) is 10.6 Å². The van der Waals surface area contributed by atoms with Crippen LogP contribution in [0.1, 0.15) is 33.1 Å². The summed E-state index contributed by atoms with van der Waals surface area (Å²) < 4.78 is 0. The van der Waals surface area contributed by atoms with E-state index in [1.54, 1.807) is 6.92 Å². The van der Waals surface area contributed by atoms with Crippen LogP contribution in [0.3, 0.4) is 0 Å². The van der Waals surface area contributed by atoms with Crippen molar-refractivity contribution < 1.29 is 24.3 Å². The highest BCUT2D eigenvalue weighted by molar-refractivity contribution is 7.80. The van der Waals surface area contributed by atoms with E-state index in [1.165, 1.54) is 0 Å². The average molecular weight is 362 g/mol. The average Bonchev–Trinajstić information content (AvgIpc) is 2.53. The van der Waals surface area contributed by atoms with Gasteiger partial charge in [-0.25, -0.2) is 4.79 Å². The van der Waals surface area contributed by atoms with Gasteiger partial charge in [0.2, 0.25) is 17.7 Å². The molecule has 9 nitrogen and oxygen atoms in total. The lowest BCUT2D eigenvalue weighted by atomic mass is 9.97. The summed E-state index contributed by atoms with van der Waals surface area (Å²) in [4.78, 5) is 46.3. The second-order valence-corrected chi connectivity index (χ2v) is 5.93. The number of aliphatic carboxylic acids is 1. The van der Waals surface area contributed by atoms with Crippen LogP contribution in [0.15, 0.2) is 0 Å². The minimum absolute atomic E-state index is 0.108. The first-order chi connectivity index (χ1) is 11.1. The number of carboxylic acids is 1. The van der Waals surface area contributed by atoms with Crippen LogP contribution < -0.4 is 22.1 Å². The van der Waals surface area contributed by atoms with E-state index >= 15 is 0 Å². The molecular weight excluding hydrogens is 336 g/mol. The molecule has 0 saturated heterocycles. The molecule has 3 amide bonds. The van der Waals surface area contributed by atoms with Crippen molar-refractivity contribution in [2.24, 2.45) is 17.4 Å². The standard InChI is InChI=1S/C14H26N4O5S/c1-3-7(2)11(18-12(20)8(15)6-24)13(21)17-9(14(22)23)4-5-10(16)19/h7-9,11,24H,3-6,15H2,1-2H3,(H2,16,19)(H,17,21)(H,18,20)(H,22,23). The van der Waals surface area contributed by atoms with Crippen LogP contribution in [-0.4, -0.2) is 52.7 Å². The molecule has 0 rings (SSSR count). The first-order valence-corrected chi connectivity index (χ1v) is 8.25. The molecule has 0 heterocycles. The fourth-order valence-corrected chi connectivity index (χ4v) is 2.02. The minimum atomic E-state index is -1.29. The molecule has 0 saturated carbocycles. The van der Waals surface area contributed by atoms with Crippen LogP contribution in [0.25, 0.3) is 0 Å². The maximum atomic E-state index is 12.4. The van der Waals surface area contributed by atoms with Gasteiger partial charge in [-0.1, -0.05) is 20.3 Å². The van der Waals surface area contributed by atoms with Crippen LogP contribution in [0.2, 0.25) is 0 Å². The molecule has 0 aliphatic heterocycles. The molecule has 0 aromatic rings. The molecular formula is C14H26N4O5S. The third-order valence-electron chi connectivity index (χ3n) is 3.62. The summed E-state index contributed by atoms with van der Waals surface area (Å²) in [5.74, 6) is -3.29. The van der Waals surface area contributed by atoms with Crippen molar-refractivity contribution in [3.63, 3.8) is 0 Å². The van der Waals surface area contributed by atoms with E-state index in [0.29, 0.717) is 6.42 Å². The van der Waals surface area contributed by atoms with Gasteiger partial charge in [0.1, 0.15) is 12.1 Å². The number of primary amides is 1. The van der Waals surface area contributed by atoms with Gasteiger partial charge in [0, 0.05) is 12.2 Å². The van der Waals surface area contributed by atoms with Crippen molar-refractivity contribution >= 4 is 36.3 Å². The first kappa shape index (κ1) is 22.2. The number of carbonyl (C=O) groups excluding carboxylic acids is 3. The Kier molecular flexibility index (Phi) is 10.0. The van der Waals surface area contributed by atoms with Gasteiger partial charge < -0.3 is 27.2 Å². The van der Waals surface area contributed by atoms with E-state index in [1.807, 2.05) is 6.92 Å². The fourth-order valence-electron chi connectivity index (χ4n) is 1.85. The van der Waals surface area contributed by atoms with E-state index in [4.69, 9.17) is 16.6 Å². The third-order valence-corrected chi connectivity index (χ3v) is 4.01. The predicted molar refractivity (Wildman–Crippen MR) is 91.2 cm³/mol. The van der Waals surface area contributed by atoms with E-state index in [2.05, 4.69) is 23.3 Å². The van der Waals surface area contributed by atoms with E-state index in [0.717, 1.165) is 0 Å². The second kappa shape index (κ2) is 10.9. The number of nitrogens with two attached hydrogens (primary N) is 2. The molecule has 0 spiro atoms. The number of amides is 3. The summed E-state index contributed by atoms with van der Waals surface area (Å²) >= 11 is 3.93. The highest BCUT2D eigenvalue weighted by Gasteiger charge is 2.30. The first-order valence-electron chi connectivity index (χ1n) is 7.62. The van der Waals surface area contributed by atoms with Gasteiger partial charge in [0.25, 0.3) is 0 Å². The molecule has 4 unspecified atom stereocenters. The molecule has 10 heteroatoms. The van der Waals surface area contributed by atoms with Crippen LogP contribution >= 0.6 is 12.6 Å². The summed E-state index contributed by atoms with van der Waals surface area (Å²) in [7, 11) is 0. The van der Waals surface area contributed by atoms with E-state index in [-0.39, 0.29) is 24.5 Å². The van der Waals surface area contributed by atoms with Gasteiger partial charge in [-0.3, -0.25) is 14.4 Å². The van der Waals surface area contributed by atoms with Crippen molar-refractivity contribution in [2.75, 3.05) is 5.75 Å². The van der Waals surface area contributed by atoms with Crippen molar-refractivity contribution in [2.45, 2.75) is 51.2 Å². The van der Waals surface area contributed by atoms with E-state index in [9.17, 15) is 19.2 Å². The highest BCUT2D eigenvalue weighted by atomic mass is 32.1. The number of carboxylic acid groups (broad SMARTS) is 1. The van der Waals surface area contributed by atoms with Gasteiger partial charge >= 0.3 is 5.97 Å². The van der Waals surface area contributed by atoms with Crippen LogP contribution in [0, 0.1) is 5.92 Å². The van der Waals surface area contributed by atoms with Crippen molar-refractivity contribution in [1.29, 1.82) is 0 Å². The van der Waals surface area contributed by atoms with Gasteiger partial charge in [-0.05, 0) is 12.3 Å². The quantitative estimate of drug-likeness (QED) is 0.248. The molecule has 4 atom stereocenters. The second-order valence-electron chi connectivity index (χ2n) is 5.57. The molecule has 0 aliphatic carbocycles. The Morgan fingerprint density at radius 1 is 1.17 bits per heavy atom. The summed E-state index contributed by atoms with van der Waals surface area (Å²) in [5, 5.41) is 14.0. The molecule has 0 aliphatic rings. The smallest absolute Gasteiger partial charge is 0.326 e. The Morgan fingerprint density at radius 2 is 1.75 bits per heavy atom. The number of thiol groups is 1. The molecule has 0 aromatic carbocycles. The zero-order chi connectivity index (χ0) is 18.9. The van der Waals surface area contributed by atoms with Gasteiger partial charge in [-0.15, -0.1) is 0 Å². The Morgan fingerprint density at radius 3 is 2.17 bits per heavy atom. The predicted octanol–water partition coefficient (Wildman–Crippen LogP) is -1.39. The number of hydrogen-bond donors (Lipinski definition) is 6. The normalized spacial score (nSPS) is 15.7. The lowest BCUT2D eigenvalue weighted by Crippen LogP contribution is -2.57.